The molecule has 232 valence electrons. The number of aliphatic hydroxyl groups is 1. The average Bonchev–Trinajstić information content (AvgIpc) is 3.54. The second-order valence-electron chi connectivity index (χ2n) is 12.4. The molecule has 2 fully saturated rings. The molecule has 1 aromatic carbocycles. The van der Waals surface area contributed by atoms with Crippen LogP contribution in [0, 0.1) is 31.6 Å². The van der Waals surface area contributed by atoms with Crippen molar-refractivity contribution in [3.8, 4) is 0 Å². The molecule has 0 radical (unpaired) electrons. The number of hydrogen-bond donors (Lipinski definition) is 2. The van der Waals surface area contributed by atoms with Gasteiger partial charge in [-0.1, -0.05) is 54.1 Å². The van der Waals surface area contributed by atoms with Gasteiger partial charge in [0.2, 0.25) is 11.8 Å². The van der Waals surface area contributed by atoms with Gasteiger partial charge in [-0.15, -0.1) is 0 Å². The average molecular weight is 659 g/mol. The van der Waals surface area contributed by atoms with E-state index in [2.05, 4.69) is 21.2 Å². The zero-order valence-electron chi connectivity index (χ0n) is 25.2. The fourth-order valence-corrected chi connectivity index (χ4v) is 7.56. The van der Waals surface area contributed by atoms with E-state index in [0.29, 0.717) is 16.6 Å². The quantitative estimate of drug-likeness (QED) is 0.377. The van der Waals surface area contributed by atoms with Gasteiger partial charge in [0.1, 0.15) is 29.8 Å². The van der Waals surface area contributed by atoms with Crippen molar-refractivity contribution < 1.29 is 33.8 Å². The number of aliphatic hydroxyl groups excluding tert-OH is 1. The number of cyclic esters (lactones) is 1. The highest BCUT2D eigenvalue weighted by Gasteiger charge is 2.75. The van der Waals surface area contributed by atoms with Gasteiger partial charge in [-0.2, -0.15) is 0 Å². The number of aryl methyl sites for hydroxylation is 2. The molecule has 43 heavy (non-hydrogen) atoms. The number of fused-ring (bicyclic) bond motifs is 2. The number of nitrogens with one attached hydrogen (secondary N) is 1. The predicted molar refractivity (Wildman–Crippen MR) is 163 cm³/mol. The topological polar surface area (TPSA) is 125 Å². The summed E-state index contributed by atoms with van der Waals surface area (Å²) in [5, 5.41) is 13.3. The number of allylic oxidation sites excluding steroid dienone is 1. The van der Waals surface area contributed by atoms with E-state index in [0.717, 1.165) is 11.1 Å². The summed E-state index contributed by atoms with van der Waals surface area (Å²) in [5.74, 6) is -3.85. The lowest BCUT2D eigenvalue weighted by Crippen LogP contribution is -2.59. The summed E-state index contributed by atoms with van der Waals surface area (Å²) in [4.78, 5) is 58.7. The van der Waals surface area contributed by atoms with Crippen molar-refractivity contribution in [3.05, 3.63) is 52.0 Å². The molecule has 2 N–H and O–H groups in total. The van der Waals surface area contributed by atoms with Crippen molar-refractivity contribution in [2.45, 2.75) is 77.4 Å². The Morgan fingerprint density at radius 3 is 2.58 bits per heavy atom. The van der Waals surface area contributed by atoms with Gasteiger partial charge in [-0.05, 0) is 56.4 Å². The second kappa shape index (κ2) is 12.2. The summed E-state index contributed by atoms with van der Waals surface area (Å²) in [6.07, 6.45) is 4.72. The minimum atomic E-state index is -1.45. The number of carbonyl (C=O) groups is 4. The van der Waals surface area contributed by atoms with Gasteiger partial charge < -0.3 is 29.7 Å². The molecule has 4 aliphatic heterocycles. The van der Waals surface area contributed by atoms with Crippen LogP contribution < -0.4 is 10.2 Å². The van der Waals surface area contributed by atoms with E-state index in [1.165, 1.54) is 4.90 Å². The maximum absolute atomic E-state index is 15.0. The highest BCUT2D eigenvalue weighted by atomic mass is 79.9. The maximum Gasteiger partial charge on any atom is 0.313 e. The SMILES string of the molecule is Cc1ccc(C)c(N2C/C=C\CCC(=O)NC[C@@H](C)OC(=O)[C@@H]3[C@H]4O[C@@]5(C=C4Br)[C@H](C2=O)N([C@@H](CO)C(C)C)C(=O)[C@@H]35)c1. The Bertz CT molecular complexity index is 1380. The third-order valence-corrected chi connectivity index (χ3v) is 9.68. The van der Waals surface area contributed by atoms with Gasteiger partial charge in [0.25, 0.3) is 5.91 Å². The Kier molecular flexibility index (Phi) is 8.89. The van der Waals surface area contributed by atoms with Crippen molar-refractivity contribution in [1.82, 2.24) is 10.2 Å². The predicted octanol–water partition coefficient (Wildman–Crippen LogP) is 2.92. The van der Waals surface area contributed by atoms with E-state index in [1.807, 2.05) is 58.0 Å². The Morgan fingerprint density at radius 2 is 1.88 bits per heavy atom. The number of ether oxygens (including phenoxy) is 2. The van der Waals surface area contributed by atoms with Crippen molar-refractivity contribution in [1.29, 1.82) is 0 Å². The molecular formula is C32H40BrN3O7. The molecule has 4 aliphatic rings. The minimum Gasteiger partial charge on any atom is -0.460 e. The zero-order chi connectivity index (χ0) is 31.2. The Labute approximate surface area is 260 Å². The lowest BCUT2D eigenvalue weighted by Gasteiger charge is -2.40. The van der Waals surface area contributed by atoms with Gasteiger partial charge in [-0.25, -0.2) is 0 Å². The van der Waals surface area contributed by atoms with Crippen molar-refractivity contribution in [3.63, 3.8) is 0 Å². The molecule has 5 rings (SSSR count). The van der Waals surface area contributed by atoms with E-state index < -0.39 is 53.6 Å². The van der Waals surface area contributed by atoms with Crippen molar-refractivity contribution in [2.24, 2.45) is 17.8 Å². The Hall–Kier alpha value is -3.02. The minimum absolute atomic E-state index is 0.126. The molecule has 0 saturated carbocycles. The monoisotopic (exact) mass is 657 g/mol. The number of esters is 1. The molecule has 7 atom stereocenters. The molecule has 0 aromatic heterocycles. The molecule has 4 heterocycles. The number of nitrogens with zero attached hydrogens (tertiary/aromatic N) is 2. The second-order valence-corrected chi connectivity index (χ2v) is 13.3. The first-order valence-electron chi connectivity index (χ1n) is 14.9. The van der Waals surface area contributed by atoms with Gasteiger partial charge in [0, 0.05) is 23.1 Å². The normalized spacial score (nSPS) is 32.9. The smallest absolute Gasteiger partial charge is 0.313 e. The standard InChI is InChI=1S/C32H40BrN3O7/c1-17(2)23(16-37)36-28-30(40)35(22-13-18(3)10-11-19(22)4)12-8-6-7-9-24(38)34-15-20(5)42-31(41)25-26(29(36)39)32(28)14-21(33)27(25)43-32/h6,8,10-11,13-14,17,20,23,25-28,37H,7,9,12,15-16H2,1-5H3,(H,34,38)/b8-6-/t20-,23+,25+,26-,27+,28+,32-/m1/s1. The summed E-state index contributed by atoms with van der Waals surface area (Å²) in [6.45, 7) is 9.27. The molecule has 1 spiro atoms. The van der Waals surface area contributed by atoms with E-state index in [9.17, 15) is 24.3 Å². The summed E-state index contributed by atoms with van der Waals surface area (Å²) in [6, 6.07) is 4.00. The van der Waals surface area contributed by atoms with Gasteiger partial charge in [-0.3, -0.25) is 19.2 Å². The fourth-order valence-electron chi connectivity index (χ4n) is 6.82. The van der Waals surface area contributed by atoms with E-state index >= 15 is 0 Å². The van der Waals surface area contributed by atoms with Crippen LogP contribution in [0.3, 0.4) is 0 Å². The number of halogens is 1. The lowest BCUT2D eigenvalue weighted by molar-refractivity contribution is -0.159. The third kappa shape index (κ3) is 5.44. The molecule has 0 aliphatic carbocycles. The molecule has 0 unspecified atom stereocenters. The zero-order valence-corrected chi connectivity index (χ0v) is 26.8. The van der Waals surface area contributed by atoms with Crippen LogP contribution in [0.2, 0.25) is 0 Å². The largest absolute Gasteiger partial charge is 0.460 e. The number of hydrogen-bond acceptors (Lipinski definition) is 7. The Balaban J connectivity index is 1.69. The third-order valence-electron chi connectivity index (χ3n) is 9.00. The van der Waals surface area contributed by atoms with Gasteiger partial charge in [0.05, 0.1) is 25.1 Å². The highest BCUT2D eigenvalue weighted by molar-refractivity contribution is 9.11. The number of rotatable bonds is 4. The first-order chi connectivity index (χ1) is 20.4. The van der Waals surface area contributed by atoms with Crippen LogP contribution in [0.4, 0.5) is 5.69 Å². The van der Waals surface area contributed by atoms with E-state index in [-0.39, 0.29) is 43.8 Å². The summed E-state index contributed by atoms with van der Waals surface area (Å²) in [7, 11) is 0. The van der Waals surface area contributed by atoms with E-state index in [1.54, 1.807) is 17.9 Å². The van der Waals surface area contributed by atoms with Crippen LogP contribution in [-0.4, -0.2) is 83.3 Å². The van der Waals surface area contributed by atoms with Gasteiger partial charge in [0.15, 0.2) is 0 Å². The van der Waals surface area contributed by atoms with Gasteiger partial charge >= 0.3 is 5.97 Å². The van der Waals surface area contributed by atoms with Crippen LogP contribution in [-0.2, 0) is 28.7 Å². The fraction of sp³-hybridized carbons (Fsp3) is 0.562. The summed E-state index contributed by atoms with van der Waals surface area (Å²) < 4.78 is 12.9. The maximum atomic E-state index is 15.0. The summed E-state index contributed by atoms with van der Waals surface area (Å²) >= 11 is 3.56. The van der Waals surface area contributed by atoms with Crippen LogP contribution in [0.15, 0.2) is 40.9 Å². The molecule has 10 nitrogen and oxygen atoms in total. The highest BCUT2D eigenvalue weighted by Crippen LogP contribution is 2.59. The van der Waals surface area contributed by atoms with Crippen LogP contribution in [0.5, 0.6) is 0 Å². The number of amides is 3. The number of likely N-dealkylation sites (tertiary alicyclic amines) is 1. The molecule has 5 bridgehead atoms. The van der Waals surface area contributed by atoms with Crippen LogP contribution in [0.1, 0.15) is 44.7 Å². The number of anilines is 1. The van der Waals surface area contributed by atoms with Crippen molar-refractivity contribution >= 4 is 45.3 Å². The molecular weight excluding hydrogens is 618 g/mol. The molecule has 1 aromatic rings. The Morgan fingerprint density at radius 1 is 1.14 bits per heavy atom. The van der Waals surface area contributed by atoms with Crippen LogP contribution >= 0.6 is 15.9 Å². The van der Waals surface area contributed by atoms with E-state index in [4.69, 9.17) is 9.47 Å². The number of benzene rings is 1. The molecule has 2 saturated heterocycles. The lowest BCUT2D eigenvalue weighted by atomic mass is 9.74. The summed E-state index contributed by atoms with van der Waals surface area (Å²) in [5.41, 5.74) is 1.06. The van der Waals surface area contributed by atoms with Crippen molar-refractivity contribution in [2.75, 3.05) is 24.6 Å². The van der Waals surface area contributed by atoms with Crippen LogP contribution in [0.25, 0.3) is 0 Å². The molecule has 11 heteroatoms. The number of carbonyl (C=O) groups excluding carboxylic acids is 4. The first-order valence-corrected chi connectivity index (χ1v) is 15.7. The first kappa shape index (κ1) is 31.4. The molecule has 3 amide bonds.